The first kappa shape index (κ1) is 22.9. The van der Waals surface area contributed by atoms with Crippen molar-refractivity contribution in [3.05, 3.63) is 65.2 Å². The van der Waals surface area contributed by atoms with Crippen LogP contribution in [0.3, 0.4) is 0 Å². The number of carbonyl (C=O) groups is 1. The Bertz CT molecular complexity index is 886. The van der Waals surface area contributed by atoms with Gasteiger partial charge in [-0.3, -0.25) is 9.69 Å². The van der Waals surface area contributed by atoms with Crippen LogP contribution in [0.15, 0.2) is 48.5 Å². The molecule has 0 spiro atoms. The first-order valence-electron chi connectivity index (χ1n) is 11.2. The molecule has 1 amide bonds. The van der Waals surface area contributed by atoms with Crippen molar-refractivity contribution < 1.29 is 9.53 Å². The molecular formula is C26H35N3O2. The number of piperazine rings is 1. The van der Waals surface area contributed by atoms with Gasteiger partial charge in [-0.25, -0.2) is 0 Å². The summed E-state index contributed by atoms with van der Waals surface area (Å²) in [5, 5.41) is 2.98. The van der Waals surface area contributed by atoms with Gasteiger partial charge in [-0.15, -0.1) is 0 Å². The van der Waals surface area contributed by atoms with Gasteiger partial charge in [0.25, 0.3) is 0 Å². The fraction of sp³-hybridized carbons (Fsp3) is 0.423. The predicted molar refractivity (Wildman–Crippen MR) is 129 cm³/mol. The smallest absolute Gasteiger partial charge is 0.244 e. The molecule has 0 atom stereocenters. The van der Waals surface area contributed by atoms with E-state index in [2.05, 4.69) is 46.3 Å². The number of amides is 1. The lowest BCUT2D eigenvalue weighted by molar-refractivity contribution is -0.116. The molecule has 5 nitrogen and oxygen atoms in total. The molecule has 0 aliphatic carbocycles. The van der Waals surface area contributed by atoms with E-state index >= 15 is 0 Å². The molecule has 31 heavy (non-hydrogen) atoms. The molecule has 1 fully saturated rings. The minimum atomic E-state index is -0.0599. The van der Waals surface area contributed by atoms with Gasteiger partial charge in [0, 0.05) is 50.1 Å². The highest BCUT2D eigenvalue weighted by Gasteiger charge is 2.16. The lowest BCUT2D eigenvalue weighted by Crippen LogP contribution is -2.46. The summed E-state index contributed by atoms with van der Waals surface area (Å²) in [6.07, 6.45) is 5.49. The fourth-order valence-electron chi connectivity index (χ4n) is 3.93. The number of ether oxygens (including phenoxy) is 1. The van der Waals surface area contributed by atoms with Crippen LogP contribution in [0.4, 0.5) is 5.69 Å². The Hall–Kier alpha value is -2.79. The third-order valence-corrected chi connectivity index (χ3v) is 5.74. The molecule has 3 rings (SSSR count). The second-order valence-corrected chi connectivity index (χ2v) is 8.24. The van der Waals surface area contributed by atoms with Crippen LogP contribution in [0, 0.1) is 13.8 Å². The van der Waals surface area contributed by atoms with Gasteiger partial charge >= 0.3 is 0 Å². The molecule has 2 aromatic rings. The summed E-state index contributed by atoms with van der Waals surface area (Å²) >= 11 is 0. The summed E-state index contributed by atoms with van der Waals surface area (Å²) < 4.78 is 5.35. The minimum absolute atomic E-state index is 0.0599. The summed E-state index contributed by atoms with van der Waals surface area (Å²) in [5.41, 5.74) is 4.71. The summed E-state index contributed by atoms with van der Waals surface area (Å²) in [6.45, 7) is 10.3. The van der Waals surface area contributed by atoms with Gasteiger partial charge < -0.3 is 15.0 Å². The molecule has 5 heteroatoms. The molecule has 166 valence electrons. The number of hydrogen-bond donors (Lipinski definition) is 1. The van der Waals surface area contributed by atoms with Crippen molar-refractivity contribution in [2.75, 3.05) is 51.3 Å². The van der Waals surface area contributed by atoms with E-state index in [1.165, 1.54) is 11.3 Å². The topological polar surface area (TPSA) is 44.8 Å². The van der Waals surface area contributed by atoms with Crippen molar-refractivity contribution in [1.82, 2.24) is 10.2 Å². The second kappa shape index (κ2) is 11.6. The summed E-state index contributed by atoms with van der Waals surface area (Å²) in [5.74, 6) is 0.715. The highest BCUT2D eigenvalue weighted by molar-refractivity contribution is 5.92. The van der Waals surface area contributed by atoms with Crippen molar-refractivity contribution in [2.24, 2.45) is 0 Å². The quantitative estimate of drug-likeness (QED) is 0.490. The van der Waals surface area contributed by atoms with E-state index in [1.807, 2.05) is 31.2 Å². The molecule has 1 heterocycles. The Morgan fingerprint density at radius 3 is 2.55 bits per heavy atom. The first-order valence-corrected chi connectivity index (χ1v) is 11.2. The van der Waals surface area contributed by atoms with Gasteiger partial charge in [0.1, 0.15) is 5.75 Å². The van der Waals surface area contributed by atoms with Crippen LogP contribution in [0.1, 0.15) is 29.5 Å². The third-order valence-electron chi connectivity index (χ3n) is 5.74. The number of nitrogens with zero attached hydrogens (tertiary/aromatic N) is 2. The number of unbranched alkanes of at least 4 members (excludes halogenated alkanes) is 1. The van der Waals surface area contributed by atoms with Gasteiger partial charge in [0.15, 0.2) is 0 Å². The molecule has 2 aromatic carbocycles. The van der Waals surface area contributed by atoms with Crippen LogP contribution < -0.4 is 15.0 Å². The normalized spacial score (nSPS) is 14.7. The Kier molecular flexibility index (Phi) is 8.53. The third kappa shape index (κ3) is 7.14. The van der Waals surface area contributed by atoms with Crippen LogP contribution in [-0.4, -0.2) is 57.2 Å². The maximum atomic E-state index is 12.1. The number of aryl methyl sites for hydroxylation is 2. The maximum Gasteiger partial charge on any atom is 0.244 e. The van der Waals surface area contributed by atoms with E-state index in [-0.39, 0.29) is 5.91 Å². The first-order chi connectivity index (χ1) is 15.0. The molecule has 1 aliphatic rings. The minimum Gasteiger partial charge on any atom is -0.496 e. The number of hydrogen-bond acceptors (Lipinski definition) is 4. The fourth-order valence-corrected chi connectivity index (χ4v) is 3.93. The molecule has 0 saturated carbocycles. The molecule has 1 saturated heterocycles. The molecule has 0 radical (unpaired) electrons. The van der Waals surface area contributed by atoms with E-state index in [0.717, 1.165) is 62.4 Å². The SMILES string of the molecule is COc1ccc(C)cc1/C=C/C(=O)NCCCCN1CCN(c2cccc(C)c2)CC1. The summed E-state index contributed by atoms with van der Waals surface area (Å²) in [7, 11) is 1.64. The number of methoxy groups -OCH3 is 1. The Morgan fingerprint density at radius 2 is 1.81 bits per heavy atom. The molecular weight excluding hydrogens is 386 g/mol. The highest BCUT2D eigenvalue weighted by atomic mass is 16.5. The number of nitrogens with one attached hydrogen (secondary N) is 1. The van der Waals surface area contributed by atoms with Gasteiger partial charge in [-0.05, 0) is 69.1 Å². The molecule has 0 bridgehead atoms. The van der Waals surface area contributed by atoms with Gasteiger partial charge in [0.05, 0.1) is 7.11 Å². The molecule has 1 N–H and O–H groups in total. The van der Waals surface area contributed by atoms with Crippen LogP contribution >= 0.6 is 0 Å². The Labute approximate surface area is 186 Å². The highest BCUT2D eigenvalue weighted by Crippen LogP contribution is 2.21. The standard InChI is InChI=1S/C26H35N3O2/c1-21-7-6-8-24(20-21)29-17-15-28(16-18-29)14-5-4-13-27-26(30)12-10-23-19-22(2)9-11-25(23)31-3/h6-12,19-20H,4-5,13-18H2,1-3H3,(H,27,30)/b12-10+. The van der Waals surface area contributed by atoms with Gasteiger partial charge in [-0.1, -0.05) is 23.8 Å². The molecule has 0 aromatic heterocycles. The summed E-state index contributed by atoms with van der Waals surface area (Å²) in [4.78, 5) is 17.1. The second-order valence-electron chi connectivity index (χ2n) is 8.24. The van der Waals surface area contributed by atoms with E-state index in [9.17, 15) is 4.79 Å². The zero-order chi connectivity index (χ0) is 22.1. The van der Waals surface area contributed by atoms with E-state index in [1.54, 1.807) is 13.2 Å². The van der Waals surface area contributed by atoms with Crippen molar-refractivity contribution in [3.63, 3.8) is 0 Å². The van der Waals surface area contributed by atoms with E-state index < -0.39 is 0 Å². The van der Waals surface area contributed by atoms with Crippen molar-refractivity contribution in [3.8, 4) is 5.75 Å². The molecule has 1 aliphatic heterocycles. The largest absolute Gasteiger partial charge is 0.496 e. The average molecular weight is 422 g/mol. The van der Waals surface area contributed by atoms with Crippen LogP contribution in [0.5, 0.6) is 5.75 Å². The monoisotopic (exact) mass is 421 g/mol. The zero-order valence-corrected chi connectivity index (χ0v) is 19.1. The van der Waals surface area contributed by atoms with E-state index in [0.29, 0.717) is 6.54 Å². The number of benzene rings is 2. The van der Waals surface area contributed by atoms with Crippen molar-refractivity contribution in [1.29, 1.82) is 0 Å². The lowest BCUT2D eigenvalue weighted by atomic mass is 10.1. The number of carbonyl (C=O) groups excluding carboxylic acids is 1. The Morgan fingerprint density at radius 1 is 1.03 bits per heavy atom. The number of anilines is 1. The lowest BCUT2D eigenvalue weighted by Gasteiger charge is -2.36. The predicted octanol–water partition coefficient (Wildman–Crippen LogP) is 4.04. The number of rotatable bonds is 9. The van der Waals surface area contributed by atoms with E-state index in [4.69, 9.17) is 4.74 Å². The zero-order valence-electron chi connectivity index (χ0n) is 19.1. The van der Waals surface area contributed by atoms with Crippen LogP contribution in [0.2, 0.25) is 0 Å². The van der Waals surface area contributed by atoms with Gasteiger partial charge in [0.2, 0.25) is 5.91 Å². The van der Waals surface area contributed by atoms with Crippen LogP contribution in [0.25, 0.3) is 6.08 Å². The molecule has 0 unspecified atom stereocenters. The summed E-state index contributed by atoms with van der Waals surface area (Å²) in [6, 6.07) is 14.7. The van der Waals surface area contributed by atoms with Crippen molar-refractivity contribution >= 4 is 17.7 Å². The Balaban J connectivity index is 1.31. The van der Waals surface area contributed by atoms with Crippen LogP contribution in [-0.2, 0) is 4.79 Å². The maximum absolute atomic E-state index is 12.1. The average Bonchev–Trinajstić information content (AvgIpc) is 2.78. The van der Waals surface area contributed by atoms with Gasteiger partial charge in [-0.2, -0.15) is 0 Å². The van der Waals surface area contributed by atoms with Crippen molar-refractivity contribution in [2.45, 2.75) is 26.7 Å².